The summed E-state index contributed by atoms with van der Waals surface area (Å²) in [5, 5.41) is 0. The van der Waals surface area contributed by atoms with Gasteiger partial charge in [-0.3, -0.25) is 4.57 Å². The quantitative estimate of drug-likeness (QED) is 0.707. The third-order valence-corrected chi connectivity index (χ3v) is 3.72. The molecule has 94 valence electrons. The number of hydrogen-bond donors (Lipinski definition) is 0. The lowest BCUT2D eigenvalue weighted by Gasteiger charge is -2.32. The van der Waals surface area contributed by atoms with Crippen LogP contribution >= 0.6 is 7.37 Å². The van der Waals surface area contributed by atoms with Gasteiger partial charge in [-0.2, -0.15) is 0 Å². The van der Waals surface area contributed by atoms with E-state index in [0.717, 1.165) is 0 Å². The predicted octanol–water partition coefficient (Wildman–Crippen LogP) is 1.46. The minimum atomic E-state index is -2.53. The summed E-state index contributed by atoms with van der Waals surface area (Å²) in [5.74, 6) is -0.613. The highest BCUT2D eigenvalue weighted by molar-refractivity contribution is 7.57. The Morgan fingerprint density at radius 3 is 2.69 bits per heavy atom. The fourth-order valence-electron chi connectivity index (χ4n) is 2.39. The Labute approximate surface area is 95.8 Å². The van der Waals surface area contributed by atoms with Crippen LogP contribution in [0, 0.1) is 0 Å². The standard InChI is InChI=1S/C10H19O5P/c1-9-5-8(14-16(3,4)11)10(15-9,6-12-2)7-13-9/h8H,5-7H2,1-4H3/t8-,9-,10-/m0/s1. The molecule has 2 saturated heterocycles. The summed E-state index contributed by atoms with van der Waals surface area (Å²) in [4.78, 5) is 0. The molecule has 0 N–H and O–H groups in total. The first-order valence-corrected chi connectivity index (χ1v) is 7.87. The second-order valence-electron chi connectivity index (χ2n) is 5.07. The minimum Gasteiger partial charge on any atom is -0.381 e. The van der Waals surface area contributed by atoms with E-state index in [1.54, 1.807) is 20.4 Å². The molecule has 0 unspecified atom stereocenters. The molecule has 2 bridgehead atoms. The van der Waals surface area contributed by atoms with Crippen LogP contribution in [0.5, 0.6) is 0 Å². The molecule has 0 spiro atoms. The molecule has 0 radical (unpaired) electrons. The van der Waals surface area contributed by atoms with E-state index in [2.05, 4.69) is 0 Å². The van der Waals surface area contributed by atoms with Crippen molar-refractivity contribution in [3.05, 3.63) is 0 Å². The van der Waals surface area contributed by atoms with E-state index in [1.165, 1.54) is 0 Å². The summed E-state index contributed by atoms with van der Waals surface area (Å²) in [6.45, 7) is 5.94. The average Bonchev–Trinajstić information content (AvgIpc) is 2.53. The van der Waals surface area contributed by atoms with Gasteiger partial charge >= 0.3 is 0 Å². The van der Waals surface area contributed by atoms with Crippen molar-refractivity contribution in [1.29, 1.82) is 0 Å². The van der Waals surface area contributed by atoms with Crippen LogP contribution in [0.2, 0.25) is 0 Å². The molecule has 2 rings (SSSR count). The Bertz CT molecular complexity index is 323. The Hall–Kier alpha value is 0.0700. The molecule has 0 aliphatic carbocycles. The van der Waals surface area contributed by atoms with Gasteiger partial charge in [0.25, 0.3) is 0 Å². The first-order valence-electron chi connectivity index (χ1n) is 5.35. The van der Waals surface area contributed by atoms with Crippen LogP contribution in [0.4, 0.5) is 0 Å². The van der Waals surface area contributed by atoms with Gasteiger partial charge in [0.15, 0.2) is 13.2 Å². The number of ether oxygens (including phenoxy) is 3. The van der Waals surface area contributed by atoms with Gasteiger partial charge < -0.3 is 18.7 Å². The fraction of sp³-hybridized carbons (Fsp3) is 1.00. The zero-order valence-corrected chi connectivity index (χ0v) is 11.1. The van der Waals surface area contributed by atoms with Crippen LogP contribution in [0.15, 0.2) is 0 Å². The van der Waals surface area contributed by atoms with Crippen LogP contribution in [0.1, 0.15) is 13.3 Å². The van der Waals surface area contributed by atoms with Crippen LogP contribution in [0.25, 0.3) is 0 Å². The van der Waals surface area contributed by atoms with Crippen LogP contribution in [-0.4, -0.2) is 51.1 Å². The molecule has 2 heterocycles. The molecule has 6 heteroatoms. The van der Waals surface area contributed by atoms with Crippen molar-refractivity contribution >= 4 is 7.37 Å². The first kappa shape index (κ1) is 12.5. The van der Waals surface area contributed by atoms with Gasteiger partial charge in [-0.25, -0.2) is 0 Å². The molecule has 0 aromatic carbocycles. The van der Waals surface area contributed by atoms with Gasteiger partial charge in [0.1, 0.15) is 11.7 Å². The minimum absolute atomic E-state index is 0.216. The van der Waals surface area contributed by atoms with E-state index in [0.29, 0.717) is 19.6 Å². The van der Waals surface area contributed by atoms with Gasteiger partial charge in [0.05, 0.1) is 13.2 Å². The Morgan fingerprint density at radius 1 is 1.50 bits per heavy atom. The molecule has 2 aliphatic heterocycles. The predicted molar refractivity (Wildman–Crippen MR) is 59.0 cm³/mol. The lowest BCUT2D eigenvalue weighted by molar-refractivity contribution is -0.144. The molecule has 2 fully saturated rings. The third kappa shape index (κ3) is 2.20. The monoisotopic (exact) mass is 250 g/mol. The van der Waals surface area contributed by atoms with Gasteiger partial charge in [0.2, 0.25) is 0 Å². The van der Waals surface area contributed by atoms with Crippen molar-refractivity contribution in [3.8, 4) is 0 Å². The van der Waals surface area contributed by atoms with E-state index >= 15 is 0 Å². The van der Waals surface area contributed by atoms with E-state index in [1.807, 2.05) is 6.92 Å². The van der Waals surface area contributed by atoms with Crippen molar-refractivity contribution in [1.82, 2.24) is 0 Å². The van der Waals surface area contributed by atoms with E-state index in [4.69, 9.17) is 18.7 Å². The summed E-state index contributed by atoms with van der Waals surface area (Å²) >= 11 is 0. The summed E-state index contributed by atoms with van der Waals surface area (Å²) in [7, 11) is -0.920. The van der Waals surface area contributed by atoms with Gasteiger partial charge in [0, 0.05) is 26.9 Å². The highest BCUT2D eigenvalue weighted by Crippen LogP contribution is 2.52. The SMILES string of the molecule is COC[C@]12CO[C@](C)(C[C@@H]1OP(C)(C)=O)O2. The van der Waals surface area contributed by atoms with Crippen molar-refractivity contribution in [2.45, 2.75) is 30.8 Å². The van der Waals surface area contributed by atoms with Gasteiger partial charge in [-0.15, -0.1) is 0 Å². The molecular weight excluding hydrogens is 231 g/mol. The maximum Gasteiger partial charge on any atom is 0.197 e. The molecule has 0 amide bonds. The lowest BCUT2D eigenvalue weighted by atomic mass is 9.95. The second kappa shape index (κ2) is 3.79. The summed E-state index contributed by atoms with van der Waals surface area (Å²) in [5.41, 5.74) is -0.592. The zero-order chi connectivity index (χ0) is 12.0. The molecule has 2 aliphatic rings. The normalized spacial score (nSPS) is 42.9. The van der Waals surface area contributed by atoms with E-state index in [-0.39, 0.29) is 6.10 Å². The summed E-state index contributed by atoms with van der Waals surface area (Å²) in [6, 6.07) is 0. The number of hydrogen-bond acceptors (Lipinski definition) is 5. The van der Waals surface area contributed by atoms with Crippen LogP contribution < -0.4 is 0 Å². The average molecular weight is 250 g/mol. The molecular formula is C10H19O5P. The van der Waals surface area contributed by atoms with E-state index in [9.17, 15) is 4.57 Å². The van der Waals surface area contributed by atoms with Gasteiger partial charge in [-0.05, 0) is 6.92 Å². The molecule has 0 saturated carbocycles. The van der Waals surface area contributed by atoms with Crippen LogP contribution in [0.3, 0.4) is 0 Å². The smallest absolute Gasteiger partial charge is 0.197 e. The largest absolute Gasteiger partial charge is 0.381 e. The van der Waals surface area contributed by atoms with Crippen molar-refractivity contribution in [2.75, 3.05) is 33.7 Å². The van der Waals surface area contributed by atoms with Crippen LogP contribution in [-0.2, 0) is 23.3 Å². The molecule has 3 atom stereocenters. The van der Waals surface area contributed by atoms with Crippen molar-refractivity contribution < 1.29 is 23.3 Å². The first-order chi connectivity index (χ1) is 7.29. The Morgan fingerprint density at radius 2 is 2.19 bits per heavy atom. The van der Waals surface area contributed by atoms with Crippen molar-refractivity contribution in [2.24, 2.45) is 0 Å². The lowest BCUT2D eigenvalue weighted by Crippen LogP contribution is -2.47. The maximum absolute atomic E-state index is 11.7. The Balaban J connectivity index is 2.17. The number of fused-ring (bicyclic) bond motifs is 2. The summed E-state index contributed by atoms with van der Waals surface area (Å²) in [6.07, 6.45) is 0.384. The highest BCUT2D eigenvalue weighted by Gasteiger charge is 2.62. The molecule has 0 aromatic heterocycles. The second-order valence-corrected chi connectivity index (χ2v) is 7.79. The van der Waals surface area contributed by atoms with E-state index < -0.39 is 18.8 Å². The summed E-state index contributed by atoms with van der Waals surface area (Å²) < 4.78 is 33.9. The molecule has 0 aromatic rings. The molecule has 5 nitrogen and oxygen atoms in total. The maximum atomic E-state index is 11.7. The molecule has 16 heavy (non-hydrogen) atoms. The number of rotatable bonds is 4. The third-order valence-electron chi connectivity index (χ3n) is 2.95. The number of methoxy groups -OCH3 is 1. The van der Waals surface area contributed by atoms with Gasteiger partial charge in [-0.1, -0.05) is 0 Å². The fourth-order valence-corrected chi connectivity index (χ4v) is 3.27. The zero-order valence-electron chi connectivity index (χ0n) is 10.2. The topological polar surface area (TPSA) is 54.0 Å². The van der Waals surface area contributed by atoms with Crippen molar-refractivity contribution in [3.63, 3.8) is 0 Å². The Kier molecular flexibility index (Phi) is 2.96. The highest BCUT2D eigenvalue weighted by atomic mass is 31.2.